The number of fused-ring (bicyclic) bond motifs is 1. The average molecular weight is 284 g/mol. The van der Waals surface area contributed by atoms with Crippen LogP contribution in [0.3, 0.4) is 0 Å². The van der Waals surface area contributed by atoms with E-state index < -0.39 is 11.7 Å². The molecule has 1 aliphatic heterocycles. The summed E-state index contributed by atoms with van der Waals surface area (Å²) in [6.07, 6.45) is -3.57. The Morgan fingerprint density at radius 3 is 2.74 bits per heavy atom. The third-order valence-electron chi connectivity index (χ3n) is 3.07. The minimum atomic E-state index is -4.35. The SMILES string of the molecule is FC(F)(F)c1ccccc1-c1nc2c(s1)CNCC2. The first-order valence-corrected chi connectivity index (χ1v) is 6.73. The van der Waals surface area contributed by atoms with Crippen molar-refractivity contribution in [3.8, 4) is 10.6 Å². The predicted molar refractivity (Wildman–Crippen MR) is 68.0 cm³/mol. The molecule has 0 bridgehead atoms. The number of rotatable bonds is 1. The van der Waals surface area contributed by atoms with Gasteiger partial charge < -0.3 is 5.32 Å². The zero-order valence-electron chi connectivity index (χ0n) is 9.92. The van der Waals surface area contributed by atoms with Crippen LogP contribution in [0.2, 0.25) is 0 Å². The molecule has 0 atom stereocenters. The maximum Gasteiger partial charge on any atom is 0.417 e. The molecule has 1 aromatic heterocycles. The fourth-order valence-electron chi connectivity index (χ4n) is 2.16. The second-order valence-corrected chi connectivity index (χ2v) is 5.44. The van der Waals surface area contributed by atoms with E-state index in [4.69, 9.17) is 0 Å². The lowest BCUT2D eigenvalue weighted by atomic mass is 10.1. The van der Waals surface area contributed by atoms with E-state index in [1.54, 1.807) is 6.07 Å². The molecule has 2 nitrogen and oxygen atoms in total. The first-order chi connectivity index (χ1) is 9.05. The van der Waals surface area contributed by atoms with Crippen molar-refractivity contribution in [2.24, 2.45) is 0 Å². The van der Waals surface area contributed by atoms with Gasteiger partial charge in [-0.25, -0.2) is 4.98 Å². The number of hydrogen-bond donors (Lipinski definition) is 1. The summed E-state index contributed by atoms with van der Waals surface area (Å²) < 4.78 is 38.9. The molecule has 0 aliphatic carbocycles. The van der Waals surface area contributed by atoms with Gasteiger partial charge in [0, 0.05) is 30.0 Å². The molecule has 1 N–H and O–H groups in total. The molecule has 0 radical (unpaired) electrons. The average Bonchev–Trinajstić information content (AvgIpc) is 2.81. The van der Waals surface area contributed by atoms with Gasteiger partial charge in [-0.05, 0) is 6.07 Å². The molecule has 0 saturated heterocycles. The molecule has 3 rings (SSSR count). The normalized spacial score (nSPS) is 15.3. The Hall–Kier alpha value is -1.40. The van der Waals surface area contributed by atoms with Crippen LogP contribution in [0, 0.1) is 0 Å². The molecule has 2 heterocycles. The van der Waals surface area contributed by atoms with Crippen molar-refractivity contribution in [3.05, 3.63) is 40.4 Å². The summed E-state index contributed by atoms with van der Waals surface area (Å²) in [7, 11) is 0. The molecule has 1 aliphatic rings. The Labute approximate surface area is 112 Å². The molecule has 6 heteroatoms. The molecule has 2 aromatic rings. The molecule has 19 heavy (non-hydrogen) atoms. The van der Waals surface area contributed by atoms with Crippen LogP contribution >= 0.6 is 11.3 Å². The second-order valence-electron chi connectivity index (χ2n) is 4.36. The number of benzene rings is 1. The van der Waals surface area contributed by atoms with Crippen molar-refractivity contribution < 1.29 is 13.2 Å². The molecule has 0 unspecified atom stereocenters. The first-order valence-electron chi connectivity index (χ1n) is 5.91. The number of nitrogens with one attached hydrogen (secondary N) is 1. The van der Waals surface area contributed by atoms with E-state index >= 15 is 0 Å². The van der Waals surface area contributed by atoms with Gasteiger partial charge in [-0.2, -0.15) is 13.2 Å². The van der Waals surface area contributed by atoms with Crippen molar-refractivity contribution in [3.63, 3.8) is 0 Å². The Kier molecular flexibility index (Phi) is 3.06. The molecular weight excluding hydrogens is 273 g/mol. The van der Waals surface area contributed by atoms with Gasteiger partial charge in [0.2, 0.25) is 0 Å². The van der Waals surface area contributed by atoms with E-state index in [1.165, 1.54) is 23.5 Å². The maximum absolute atomic E-state index is 13.0. The highest BCUT2D eigenvalue weighted by atomic mass is 32.1. The summed E-state index contributed by atoms with van der Waals surface area (Å²) in [5, 5.41) is 3.66. The van der Waals surface area contributed by atoms with Gasteiger partial charge in [-0.3, -0.25) is 0 Å². The van der Waals surface area contributed by atoms with Crippen molar-refractivity contribution in [2.75, 3.05) is 6.54 Å². The van der Waals surface area contributed by atoms with Gasteiger partial charge in [0.15, 0.2) is 0 Å². The lowest BCUT2D eigenvalue weighted by molar-refractivity contribution is -0.137. The molecule has 0 fully saturated rings. The second kappa shape index (κ2) is 4.61. The van der Waals surface area contributed by atoms with Crippen LogP contribution < -0.4 is 5.32 Å². The highest BCUT2D eigenvalue weighted by Gasteiger charge is 2.34. The van der Waals surface area contributed by atoms with E-state index in [1.807, 2.05) is 0 Å². The maximum atomic E-state index is 13.0. The highest BCUT2D eigenvalue weighted by molar-refractivity contribution is 7.15. The number of alkyl halides is 3. The molecule has 100 valence electrons. The standard InChI is InChI=1S/C13H11F3N2S/c14-13(15,16)9-4-2-1-3-8(9)12-18-10-5-6-17-7-11(10)19-12/h1-4,17H,5-7H2. The Balaban J connectivity index is 2.09. The minimum Gasteiger partial charge on any atom is -0.311 e. The van der Waals surface area contributed by atoms with E-state index in [0.29, 0.717) is 11.6 Å². The fourth-order valence-corrected chi connectivity index (χ4v) is 3.27. The van der Waals surface area contributed by atoms with Crippen LogP contribution in [0.4, 0.5) is 13.2 Å². The Bertz CT molecular complexity index is 581. The van der Waals surface area contributed by atoms with Crippen molar-refractivity contribution in [1.82, 2.24) is 10.3 Å². The zero-order chi connectivity index (χ0) is 13.5. The smallest absolute Gasteiger partial charge is 0.311 e. The summed E-state index contributed by atoms with van der Waals surface area (Å²) in [6, 6.07) is 5.61. The van der Waals surface area contributed by atoms with Crippen LogP contribution in [-0.2, 0) is 19.1 Å². The predicted octanol–water partition coefficient (Wildman–Crippen LogP) is 3.47. The van der Waals surface area contributed by atoms with Crippen LogP contribution in [0.15, 0.2) is 24.3 Å². The van der Waals surface area contributed by atoms with E-state index in [2.05, 4.69) is 10.3 Å². The topological polar surface area (TPSA) is 24.9 Å². The molecule has 0 spiro atoms. The fraction of sp³-hybridized carbons (Fsp3) is 0.308. The van der Waals surface area contributed by atoms with Gasteiger partial charge in [-0.15, -0.1) is 11.3 Å². The molecule has 0 saturated carbocycles. The third-order valence-corrected chi connectivity index (χ3v) is 4.20. The van der Waals surface area contributed by atoms with E-state index in [-0.39, 0.29) is 5.56 Å². The van der Waals surface area contributed by atoms with Crippen LogP contribution in [0.25, 0.3) is 10.6 Å². The van der Waals surface area contributed by atoms with Gasteiger partial charge >= 0.3 is 6.18 Å². The van der Waals surface area contributed by atoms with Crippen LogP contribution in [-0.4, -0.2) is 11.5 Å². The number of thiazole rings is 1. The largest absolute Gasteiger partial charge is 0.417 e. The molecule has 0 amide bonds. The lowest BCUT2D eigenvalue weighted by Gasteiger charge is -2.10. The van der Waals surface area contributed by atoms with Crippen molar-refractivity contribution >= 4 is 11.3 Å². The molecular formula is C13H11F3N2S. The minimum absolute atomic E-state index is 0.175. The monoisotopic (exact) mass is 284 g/mol. The summed E-state index contributed by atoms with van der Waals surface area (Å²) in [6.45, 7) is 1.53. The van der Waals surface area contributed by atoms with E-state index in [0.717, 1.165) is 29.6 Å². The quantitative estimate of drug-likeness (QED) is 0.867. The lowest BCUT2D eigenvalue weighted by Crippen LogP contribution is -2.22. The van der Waals surface area contributed by atoms with Gasteiger partial charge in [0.25, 0.3) is 0 Å². The Morgan fingerprint density at radius 1 is 1.21 bits per heavy atom. The van der Waals surface area contributed by atoms with Crippen LogP contribution in [0.1, 0.15) is 16.1 Å². The number of hydrogen-bond acceptors (Lipinski definition) is 3. The zero-order valence-corrected chi connectivity index (χ0v) is 10.7. The van der Waals surface area contributed by atoms with Gasteiger partial charge in [0.05, 0.1) is 11.3 Å². The van der Waals surface area contributed by atoms with Gasteiger partial charge in [-0.1, -0.05) is 18.2 Å². The molecule has 1 aromatic carbocycles. The third kappa shape index (κ3) is 2.37. The number of nitrogens with zero attached hydrogens (tertiary/aromatic N) is 1. The van der Waals surface area contributed by atoms with Gasteiger partial charge in [0.1, 0.15) is 5.01 Å². The number of aromatic nitrogens is 1. The van der Waals surface area contributed by atoms with Crippen molar-refractivity contribution in [2.45, 2.75) is 19.1 Å². The highest BCUT2D eigenvalue weighted by Crippen LogP contribution is 2.39. The van der Waals surface area contributed by atoms with Crippen LogP contribution in [0.5, 0.6) is 0 Å². The summed E-state index contributed by atoms with van der Waals surface area (Å²) in [4.78, 5) is 5.41. The summed E-state index contributed by atoms with van der Waals surface area (Å²) in [5.74, 6) is 0. The summed E-state index contributed by atoms with van der Waals surface area (Å²) in [5.41, 5.74) is 0.485. The summed E-state index contributed by atoms with van der Waals surface area (Å²) >= 11 is 1.35. The Morgan fingerprint density at radius 2 is 2.00 bits per heavy atom. The first kappa shape index (κ1) is 12.6. The van der Waals surface area contributed by atoms with E-state index in [9.17, 15) is 13.2 Å². The van der Waals surface area contributed by atoms with Crippen molar-refractivity contribution in [1.29, 1.82) is 0 Å². The number of halogens is 3.